The van der Waals surface area contributed by atoms with Gasteiger partial charge in [-0.1, -0.05) is 89.3 Å². The summed E-state index contributed by atoms with van der Waals surface area (Å²) < 4.78 is 33.2. The van der Waals surface area contributed by atoms with Gasteiger partial charge in [-0.3, -0.25) is 19.2 Å². The van der Waals surface area contributed by atoms with Gasteiger partial charge in [0, 0.05) is 110 Å². The monoisotopic (exact) mass is 1830 g/mol. The van der Waals surface area contributed by atoms with Crippen LogP contribution in [0.2, 0.25) is 13.3 Å². The third-order valence-electron chi connectivity index (χ3n) is 22.6. The number of thiophene rings is 3. The number of hydrogen-bond donors (Lipinski definition) is 0. The molecule has 2 aliphatic carbocycles. The number of halogens is 2. The molecule has 7 heterocycles. The number of rotatable bonds is 28. The van der Waals surface area contributed by atoms with E-state index in [1.54, 1.807) is 88.0 Å². The van der Waals surface area contributed by atoms with E-state index < -0.39 is 63.9 Å². The van der Waals surface area contributed by atoms with Crippen molar-refractivity contribution in [2.45, 2.75) is 177 Å². The van der Waals surface area contributed by atoms with E-state index in [1.165, 1.54) is 38.5 Å². The molecule has 4 aliphatic heterocycles. The Morgan fingerprint density at radius 1 is 0.456 bits per heavy atom. The first-order valence-corrected chi connectivity index (χ1v) is 51.4. The Kier molecular flexibility index (Phi) is 27.9. The molecule has 3 aromatic heterocycles. The van der Waals surface area contributed by atoms with Crippen LogP contribution < -0.4 is 22.9 Å². The zero-order valence-corrected chi connectivity index (χ0v) is 76.6. The zero-order valence-electron chi connectivity index (χ0n) is 68.1. The molecular formula is C92H104Br2N4O12S3Sn. The molecule has 0 saturated carbocycles. The zero-order chi connectivity index (χ0) is 82.4. The minimum atomic E-state index is -2.01. The van der Waals surface area contributed by atoms with Crippen molar-refractivity contribution in [2.24, 2.45) is 0 Å². The summed E-state index contributed by atoms with van der Waals surface area (Å²) in [5.74, 6) is -3.15. The van der Waals surface area contributed by atoms with Gasteiger partial charge in [-0.15, -0.1) is 22.7 Å². The number of nitrogens with zero attached hydrogens (tertiary/aromatic N) is 4. The second-order valence-corrected chi connectivity index (χ2v) is 50.3. The fourth-order valence-corrected chi connectivity index (χ4v) is 38.5. The van der Waals surface area contributed by atoms with Crippen LogP contribution in [0.15, 0.2) is 204 Å². The van der Waals surface area contributed by atoms with Crippen molar-refractivity contribution in [3.05, 3.63) is 226 Å². The van der Waals surface area contributed by atoms with Gasteiger partial charge in [-0.25, -0.2) is 9.59 Å². The van der Waals surface area contributed by atoms with Crippen LogP contribution in [0.25, 0.3) is 20.9 Å². The molecule has 6 aliphatic rings. The summed E-state index contributed by atoms with van der Waals surface area (Å²) in [6, 6.07) is 36.8. The number of ketones is 2. The van der Waals surface area contributed by atoms with Crippen LogP contribution in [-0.4, -0.2) is 127 Å². The number of esters is 4. The molecule has 0 fully saturated rings. The van der Waals surface area contributed by atoms with Crippen molar-refractivity contribution >= 4 is 157 Å². The Morgan fingerprint density at radius 2 is 0.825 bits per heavy atom. The van der Waals surface area contributed by atoms with Crippen LogP contribution in [0.5, 0.6) is 0 Å². The summed E-state index contributed by atoms with van der Waals surface area (Å²) in [5.41, 5.74) is 9.67. The third-order valence-corrected chi connectivity index (χ3v) is 44.7. The maximum Gasteiger partial charge on any atom is 0.372 e. The van der Waals surface area contributed by atoms with E-state index >= 15 is 0 Å². The molecule has 600 valence electrons. The molecule has 0 saturated heterocycles. The van der Waals surface area contributed by atoms with Crippen molar-refractivity contribution < 1.29 is 67.1 Å². The number of benzene rings is 4. The van der Waals surface area contributed by atoms with E-state index in [2.05, 4.69) is 106 Å². The second kappa shape index (κ2) is 36.6. The first kappa shape index (κ1) is 86.8. The molecule has 7 aromatic rings. The van der Waals surface area contributed by atoms with Crippen LogP contribution in [0.1, 0.15) is 165 Å². The summed E-state index contributed by atoms with van der Waals surface area (Å²) >= 11 is 10.4. The van der Waals surface area contributed by atoms with Crippen LogP contribution in [0, 0.1) is 0 Å². The quantitative estimate of drug-likeness (QED) is 0.0147. The molecule has 0 amide bonds. The number of allylic oxidation sites excluding steroid dienone is 10. The molecule has 13 rings (SSSR count). The molecule has 16 nitrogen and oxygen atoms in total. The van der Waals surface area contributed by atoms with Gasteiger partial charge < -0.3 is 39.0 Å². The van der Waals surface area contributed by atoms with Crippen molar-refractivity contribution in [2.75, 3.05) is 62.4 Å². The van der Waals surface area contributed by atoms with E-state index in [-0.39, 0.29) is 98.0 Å². The number of Topliss-reactive ketones (excluding diaryl/α,β-unsaturated/α-hetero) is 2. The Bertz CT molecular complexity index is 5110. The van der Waals surface area contributed by atoms with E-state index in [0.717, 1.165) is 74.8 Å². The fraction of sp³-hybridized carbons (Fsp3) is 0.391. The first-order chi connectivity index (χ1) is 54.4. The molecule has 0 N–H and O–H groups in total. The number of carbonyl (C=O) groups is 6. The van der Waals surface area contributed by atoms with Gasteiger partial charge in [0.2, 0.25) is 24.5 Å². The smallest absolute Gasteiger partial charge is 0.372 e. The van der Waals surface area contributed by atoms with Crippen molar-refractivity contribution in [3.8, 4) is 20.9 Å². The Labute approximate surface area is 704 Å². The second-order valence-electron chi connectivity index (χ2n) is 31.5. The average Bonchev–Trinajstić information content (AvgIpc) is 1.57. The predicted molar refractivity (Wildman–Crippen MR) is 466 cm³/mol. The predicted octanol–water partition coefficient (Wildman–Crippen LogP) is 18.8. The van der Waals surface area contributed by atoms with Gasteiger partial charge in [0.05, 0.1) is 37.3 Å². The van der Waals surface area contributed by atoms with Crippen LogP contribution >= 0.6 is 65.9 Å². The SMILES string of the molecule is CCC[CH2][Sn]([CH2]CCC)([CH2]CCC)[c]1cccs1.CCOC(=O)CN1C(=CC2=C([O-])C(=CC3=[N+](CC(=O)OCC)c4ccc(-c5cccs5)cc4C3(C)C)C2=O)C(C)(C)c2cc(-c3cccs3)ccc21.CCOC(=O)CN1C(=CC2=C([O-])C(=CC3=[N+](CC(=O)OCC)c4ccc(Br)cc4C3(C)C)C2=O)C(C)(C)c2cc(Br)ccc21. The molecule has 4 aromatic carbocycles. The molecule has 0 radical (unpaired) electrons. The van der Waals surface area contributed by atoms with Crippen LogP contribution in [-0.2, 0) is 69.4 Å². The van der Waals surface area contributed by atoms with Gasteiger partial charge in [0.1, 0.15) is 13.1 Å². The molecular weight excluding hydrogens is 1730 g/mol. The largest absolute Gasteiger partial charge is 0.871 e. The first-order valence-electron chi connectivity index (χ1n) is 39.7. The minimum Gasteiger partial charge on any atom is -0.871 e. The summed E-state index contributed by atoms with van der Waals surface area (Å²) in [6.45, 7) is 31.0. The van der Waals surface area contributed by atoms with Crippen molar-refractivity contribution in [1.82, 2.24) is 0 Å². The summed E-state index contributed by atoms with van der Waals surface area (Å²) in [4.78, 5) is 84.5. The van der Waals surface area contributed by atoms with Crippen LogP contribution in [0.3, 0.4) is 0 Å². The fourth-order valence-electron chi connectivity index (χ4n) is 16.5. The van der Waals surface area contributed by atoms with E-state index in [9.17, 15) is 39.0 Å². The Balaban J connectivity index is 0.000000187. The van der Waals surface area contributed by atoms with Gasteiger partial charge in [0.15, 0.2) is 23.0 Å². The minimum absolute atomic E-state index is 0.0497. The van der Waals surface area contributed by atoms with Gasteiger partial charge in [-0.2, -0.15) is 9.15 Å². The Morgan fingerprint density at radius 3 is 1.23 bits per heavy atom. The maximum atomic E-state index is 14.0. The number of anilines is 2. The van der Waals surface area contributed by atoms with Crippen molar-refractivity contribution in [3.63, 3.8) is 0 Å². The summed E-state index contributed by atoms with van der Waals surface area (Å²) in [7, 11) is 0. The van der Waals surface area contributed by atoms with E-state index in [0.29, 0.717) is 22.8 Å². The molecule has 114 heavy (non-hydrogen) atoms. The van der Waals surface area contributed by atoms with Gasteiger partial charge in [-0.05, 0) is 167 Å². The third kappa shape index (κ3) is 17.6. The van der Waals surface area contributed by atoms with Gasteiger partial charge in [0.25, 0.3) is 0 Å². The van der Waals surface area contributed by atoms with E-state index in [4.69, 9.17) is 18.9 Å². The molecule has 0 spiro atoms. The standard InChI is InChI=1S/C42H40N2O6S2.C34H34Br2N2O6.C4H3S.3C4H9.Sn/c1-7-49-37(45)23-43-31-15-13-25(33-11-9-17-51-33)19-29(31)41(3,4)35(43)21-27-39(47)28(40(27)48)22-36-42(5,6)30-20-26(34-12-10-18-52-34)14-16-32(30)44(36)24-38(46)50-8-2;1-7-43-29(39)17-37-25-11-9-19(35)13-23(25)33(3,4)27(37)15-21-31(41)22(32(21)42)16-28-34(5,6)24-14-20(36)10-12-26(24)38(28)18-30(40)44-8-2;1-2-4-5-3-1;3*1-3-4-2;/h9-22H,7-8,23-24H2,1-6H3;9-16H,7-8,17-18H2,1-6H3;1-3H;3*1,3-4H2,2H3;. The topological polar surface area (TPSA) is 198 Å². The van der Waals surface area contributed by atoms with Crippen LogP contribution in [0.4, 0.5) is 22.7 Å². The molecule has 0 bridgehead atoms. The maximum absolute atomic E-state index is 14.0. The number of fused-ring (bicyclic) bond motifs is 4. The average molecular weight is 1830 g/mol. The molecule has 0 atom stereocenters. The summed E-state index contributed by atoms with van der Waals surface area (Å²) in [5, 5.41) is 34.0. The molecule has 22 heteroatoms. The number of unbranched alkanes of at least 4 members (excludes halogenated alkanes) is 3. The number of ether oxygens (including phenoxy) is 4. The number of hydrogen-bond acceptors (Lipinski definition) is 17. The van der Waals surface area contributed by atoms with Gasteiger partial charge >= 0.3 is 147 Å². The summed E-state index contributed by atoms with van der Waals surface area (Å²) in [6.07, 6.45) is 15.1. The normalized spacial score (nSPS) is 18.0. The molecule has 0 unspecified atom stereocenters. The number of carbonyl (C=O) groups excluding carboxylic acids is 6. The van der Waals surface area contributed by atoms with E-state index in [1.807, 2.05) is 161 Å². The Hall–Kier alpha value is -8.06. The van der Waals surface area contributed by atoms with Crippen molar-refractivity contribution in [1.29, 1.82) is 0 Å².